The number of sulfonamides is 1. The summed E-state index contributed by atoms with van der Waals surface area (Å²) < 4.78 is 26.8. The van der Waals surface area contributed by atoms with Gasteiger partial charge in [-0.25, -0.2) is 8.42 Å². The second kappa shape index (κ2) is 6.64. The van der Waals surface area contributed by atoms with Gasteiger partial charge in [0.05, 0.1) is 15.8 Å². The van der Waals surface area contributed by atoms with Crippen molar-refractivity contribution >= 4 is 44.6 Å². The zero-order valence-electron chi connectivity index (χ0n) is 11.1. The Hall–Kier alpha value is -0.630. The summed E-state index contributed by atoms with van der Waals surface area (Å²) in [5, 5.41) is 9.52. The molecular formula is C13H13Cl2NO3S2. The van der Waals surface area contributed by atoms with Gasteiger partial charge in [-0.2, -0.15) is 4.31 Å². The van der Waals surface area contributed by atoms with E-state index in [1.54, 1.807) is 12.1 Å². The molecule has 0 radical (unpaired) electrons. The quantitative estimate of drug-likeness (QED) is 0.883. The normalized spacial score (nSPS) is 12.0. The Bertz CT molecular complexity index is 744. The molecule has 0 aliphatic rings. The largest absolute Gasteiger partial charge is 0.392 e. The van der Waals surface area contributed by atoms with E-state index in [0.717, 1.165) is 4.88 Å². The lowest BCUT2D eigenvalue weighted by Gasteiger charge is -2.17. The lowest BCUT2D eigenvalue weighted by molar-refractivity contribution is 0.281. The number of thiophene rings is 1. The Morgan fingerprint density at radius 3 is 2.52 bits per heavy atom. The minimum absolute atomic E-state index is 0.0982. The highest BCUT2D eigenvalue weighted by molar-refractivity contribution is 7.89. The lowest BCUT2D eigenvalue weighted by atomic mass is 10.2. The number of hydrogen-bond acceptors (Lipinski definition) is 4. The molecule has 2 rings (SSSR count). The highest BCUT2D eigenvalue weighted by Gasteiger charge is 2.22. The predicted molar refractivity (Wildman–Crippen MR) is 85.4 cm³/mol. The molecule has 1 heterocycles. The molecule has 1 aromatic carbocycles. The van der Waals surface area contributed by atoms with Crippen molar-refractivity contribution in [3.8, 4) is 0 Å². The van der Waals surface area contributed by atoms with Crippen molar-refractivity contribution in [2.24, 2.45) is 0 Å². The molecule has 0 atom stereocenters. The van der Waals surface area contributed by atoms with E-state index in [9.17, 15) is 13.5 Å². The van der Waals surface area contributed by atoms with Crippen molar-refractivity contribution in [3.05, 3.63) is 50.1 Å². The van der Waals surface area contributed by atoms with Crippen LogP contribution in [0.1, 0.15) is 10.4 Å². The van der Waals surface area contributed by atoms with E-state index in [1.807, 2.05) is 0 Å². The molecular weight excluding hydrogens is 353 g/mol. The van der Waals surface area contributed by atoms with Gasteiger partial charge in [-0.05, 0) is 35.9 Å². The van der Waals surface area contributed by atoms with Gasteiger partial charge in [0.1, 0.15) is 0 Å². The third-order valence-corrected chi connectivity index (χ3v) is 6.29. The average Bonchev–Trinajstić information content (AvgIpc) is 2.84. The molecule has 0 fully saturated rings. The molecule has 0 saturated carbocycles. The molecule has 0 aliphatic heterocycles. The maximum atomic E-state index is 12.5. The first kappa shape index (κ1) is 16.7. The molecule has 1 N–H and O–H groups in total. The second-order valence-corrected chi connectivity index (χ2v) is 8.63. The summed E-state index contributed by atoms with van der Waals surface area (Å²) in [4.78, 5) is 0.948. The number of benzene rings is 1. The summed E-state index contributed by atoms with van der Waals surface area (Å²) in [5.41, 5.74) is 0.380. The Balaban J connectivity index is 2.28. The molecule has 0 saturated heterocycles. The van der Waals surface area contributed by atoms with Gasteiger partial charge < -0.3 is 5.11 Å². The molecule has 2 aromatic rings. The zero-order valence-corrected chi connectivity index (χ0v) is 14.2. The van der Waals surface area contributed by atoms with E-state index >= 15 is 0 Å². The second-order valence-electron chi connectivity index (χ2n) is 4.38. The van der Waals surface area contributed by atoms with E-state index in [4.69, 9.17) is 23.2 Å². The Labute approximate surface area is 137 Å². The minimum Gasteiger partial charge on any atom is -0.392 e. The molecule has 0 amide bonds. The summed E-state index contributed by atoms with van der Waals surface area (Å²) in [7, 11) is -2.15. The van der Waals surface area contributed by atoms with Gasteiger partial charge in [-0.1, -0.05) is 23.2 Å². The van der Waals surface area contributed by atoms with E-state index in [-0.39, 0.29) is 18.0 Å². The Morgan fingerprint density at radius 2 is 1.95 bits per heavy atom. The van der Waals surface area contributed by atoms with Gasteiger partial charge in [0, 0.05) is 23.5 Å². The van der Waals surface area contributed by atoms with Crippen LogP contribution in [0.3, 0.4) is 0 Å². The number of hydrogen-bond donors (Lipinski definition) is 1. The molecule has 21 heavy (non-hydrogen) atoms. The van der Waals surface area contributed by atoms with Crippen molar-refractivity contribution in [1.29, 1.82) is 0 Å². The molecule has 0 spiro atoms. The number of nitrogens with zero attached hydrogens (tertiary/aromatic N) is 1. The summed E-state index contributed by atoms with van der Waals surface area (Å²) >= 11 is 13.1. The van der Waals surface area contributed by atoms with Gasteiger partial charge in [0.2, 0.25) is 10.0 Å². The number of rotatable bonds is 5. The van der Waals surface area contributed by atoms with Gasteiger partial charge in [0.15, 0.2) is 0 Å². The maximum Gasteiger partial charge on any atom is 0.243 e. The summed E-state index contributed by atoms with van der Waals surface area (Å²) in [6.07, 6.45) is 0. The Morgan fingerprint density at radius 1 is 1.24 bits per heavy atom. The van der Waals surface area contributed by atoms with Crippen LogP contribution in [-0.2, 0) is 23.2 Å². The third kappa shape index (κ3) is 3.77. The van der Waals surface area contributed by atoms with Crippen LogP contribution in [0.4, 0.5) is 0 Å². The van der Waals surface area contributed by atoms with Gasteiger partial charge in [-0.3, -0.25) is 0 Å². The summed E-state index contributed by atoms with van der Waals surface area (Å²) in [6, 6.07) is 7.80. The molecule has 0 bridgehead atoms. The van der Waals surface area contributed by atoms with Crippen LogP contribution < -0.4 is 0 Å². The van der Waals surface area contributed by atoms with Gasteiger partial charge >= 0.3 is 0 Å². The van der Waals surface area contributed by atoms with Crippen molar-refractivity contribution in [2.75, 3.05) is 7.05 Å². The number of halogens is 2. The molecule has 1 aromatic heterocycles. The topological polar surface area (TPSA) is 57.6 Å². The Kier molecular flexibility index (Phi) is 5.29. The minimum atomic E-state index is -3.65. The first-order chi connectivity index (χ1) is 9.84. The molecule has 114 valence electrons. The van der Waals surface area contributed by atoms with Gasteiger partial charge in [0.25, 0.3) is 0 Å². The van der Waals surface area contributed by atoms with Crippen LogP contribution >= 0.6 is 34.5 Å². The average molecular weight is 366 g/mol. The van der Waals surface area contributed by atoms with Crippen LogP contribution in [0, 0.1) is 0 Å². The van der Waals surface area contributed by atoms with E-state index in [0.29, 0.717) is 14.9 Å². The molecule has 8 heteroatoms. The van der Waals surface area contributed by atoms with Crippen LogP contribution in [0.15, 0.2) is 35.2 Å². The van der Waals surface area contributed by atoms with Gasteiger partial charge in [-0.15, -0.1) is 11.3 Å². The fraction of sp³-hybridized carbons (Fsp3) is 0.231. The smallest absolute Gasteiger partial charge is 0.243 e. The zero-order chi connectivity index (χ0) is 15.6. The van der Waals surface area contributed by atoms with Crippen LogP contribution in [0.5, 0.6) is 0 Å². The number of aliphatic hydroxyl groups excluding tert-OH is 1. The summed E-state index contributed by atoms with van der Waals surface area (Å²) in [6.45, 7) is -0.0801. The van der Waals surface area contributed by atoms with Crippen molar-refractivity contribution in [2.45, 2.75) is 18.0 Å². The fourth-order valence-electron chi connectivity index (χ4n) is 1.75. The first-order valence-corrected chi connectivity index (χ1v) is 8.95. The van der Waals surface area contributed by atoms with Crippen molar-refractivity contribution in [3.63, 3.8) is 0 Å². The van der Waals surface area contributed by atoms with E-state index in [2.05, 4.69) is 0 Å². The first-order valence-electron chi connectivity index (χ1n) is 5.94. The highest BCUT2D eigenvalue weighted by Crippen LogP contribution is 2.26. The SMILES string of the molecule is CN(Cc1ccc(Cl)s1)S(=O)(=O)c1ccc(Cl)c(CO)c1. The third-order valence-electron chi connectivity index (χ3n) is 2.90. The molecule has 0 unspecified atom stereocenters. The predicted octanol–water partition coefficient (Wildman–Crippen LogP) is 3.37. The van der Waals surface area contributed by atoms with Crippen LogP contribution in [0.2, 0.25) is 9.36 Å². The highest BCUT2D eigenvalue weighted by atomic mass is 35.5. The monoisotopic (exact) mass is 365 g/mol. The van der Waals surface area contributed by atoms with Crippen LogP contribution in [-0.4, -0.2) is 24.9 Å². The maximum absolute atomic E-state index is 12.5. The lowest BCUT2D eigenvalue weighted by Crippen LogP contribution is -2.26. The molecule has 4 nitrogen and oxygen atoms in total. The molecule has 0 aliphatic carbocycles. The summed E-state index contributed by atoms with van der Waals surface area (Å²) in [5.74, 6) is 0. The van der Waals surface area contributed by atoms with Crippen molar-refractivity contribution in [1.82, 2.24) is 4.31 Å². The van der Waals surface area contributed by atoms with Crippen LogP contribution in [0.25, 0.3) is 0 Å². The fourth-order valence-corrected chi connectivity index (χ4v) is 4.35. The van der Waals surface area contributed by atoms with E-state index < -0.39 is 10.0 Å². The number of aliphatic hydroxyl groups is 1. The standard InChI is InChI=1S/C13H13Cl2NO3S2/c1-16(7-10-2-5-13(15)20-10)21(18,19)11-3-4-12(14)9(6-11)8-17/h2-6,17H,7-8H2,1H3. The van der Waals surface area contributed by atoms with E-state index in [1.165, 1.54) is 40.9 Å². The van der Waals surface area contributed by atoms with Crippen molar-refractivity contribution < 1.29 is 13.5 Å².